The van der Waals surface area contributed by atoms with Crippen LogP contribution < -0.4 is 10.1 Å². The molecule has 2 aromatic carbocycles. The SMILES string of the molecule is CC(C(=O)Nc1ccc(OCc2ccccc2)cc1)N1C(=O)CS/C1=C\C(=O)C(C)(C)C. The summed E-state index contributed by atoms with van der Waals surface area (Å²) in [5.74, 6) is 0.312. The van der Waals surface area contributed by atoms with Gasteiger partial charge in [0.1, 0.15) is 18.4 Å². The number of anilines is 1. The van der Waals surface area contributed by atoms with Gasteiger partial charge in [0.15, 0.2) is 5.78 Å². The molecule has 6 nitrogen and oxygen atoms in total. The lowest BCUT2D eigenvalue weighted by Crippen LogP contribution is -2.42. The topological polar surface area (TPSA) is 75.7 Å². The molecule has 0 saturated carbocycles. The molecule has 0 aliphatic carbocycles. The molecular weight excluding hydrogens is 424 g/mol. The fraction of sp³-hybridized carbons (Fsp3) is 0.320. The van der Waals surface area contributed by atoms with Crippen molar-refractivity contribution in [2.24, 2.45) is 5.41 Å². The van der Waals surface area contributed by atoms with Crippen molar-refractivity contribution in [3.05, 3.63) is 71.3 Å². The third kappa shape index (κ3) is 6.01. The van der Waals surface area contributed by atoms with Gasteiger partial charge in [0, 0.05) is 17.2 Å². The highest BCUT2D eigenvalue weighted by Gasteiger charge is 2.35. The zero-order valence-electron chi connectivity index (χ0n) is 18.8. The molecular formula is C25H28N2O4S. The number of carbonyl (C=O) groups excluding carboxylic acids is 3. The molecule has 0 bridgehead atoms. The van der Waals surface area contributed by atoms with Crippen LogP contribution in [0.1, 0.15) is 33.3 Å². The van der Waals surface area contributed by atoms with Gasteiger partial charge in [0.25, 0.3) is 0 Å². The molecule has 2 amide bonds. The number of rotatable bonds is 7. The van der Waals surface area contributed by atoms with Crippen LogP contribution in [0.15, 0.2) is 65.7 Å². The highest BCUT2D eigenvalue weighted by molar-refractivity contribution is 8.04. The fourth-order valence-corrected chi connectivity index (χ4v) is 3.98. The molecule has 0 radical (unpaired) electrons. The lowest BCUT2D eigenvalue weighted by atomic mass is 9.91. The Balaban J connectivity index is 1.62. The number of thioether (sulfide) groups is 1. The number of nitrogens with zero attached hydrogens (tertiary/aromatic N) is 1. The van der Waals surface area contributed by atoms with Crippen LogP contribution in [0.3, 0.4) is 0 Å². The molecule has 2 aromatic rings. The summed E-state index contributed by atoms with van der Waals surface area (Å²) in [7, 11) is 0. The standard InChI is InChI=1S/C25H28N2O4S/c1-17(27-22(29)16-32-23(27)14-21(28)25(2,3)4)24(30)26-19-10-12-20(13-11-19)31-15-18-8-6-5-7-9-18/h5-14,17H,15-16H2,1-4H3,(H,26,30)/b23-14-. The van der Waals surface area contributed by atoms with Gasteiger partial charge in [-0.1, -0.05) is 62.9 Å². The van der Waals surface area contributed by atoms with E-state index in [1.165, 1.54) is 22.7 Å². The van der Waals surface area contributed by atoms with Crippen LogP contribution in [0, 0.1) is 5.41 Å². The molecule has 7 heteroatoms. The Kier molecular flexibility index (Phi) is 7.40. The van der Waals surface area contributed by atoms with E-state index in [4.69, 9.17) is 4.74 Å². The second-order valence-corrected chi connectivity index (χ2v) is 9.61. The summed E-state index contributed by atoms with van der Waals surface area (Å²) >= 11 is 1.28. The minimum atomic E-state index is -0.745. The van der Waals surface area contributed by atoms with Crippen molar-refractivity contribution >= 4 is 35.0 Å². The molecule has 1 N–H and O–H groups in total. The summed E-state index contributed by atoms with van der Waals surface area (Å²) in [6, 6.07) is 16.2. The van der Waals surface area contributed by atoms with E-state index in [2.05, 4.69) is 5.32 Å². The fourth-order valence-electron chi connectivity index (χ4n) is 2.98. The Bertz CT molecular complexity index is 1010. The minimum Gasteiger partial charge on any atom is -0.489 e. The van der Waals surface area contributed by atoms with E-state index in [1.54, 1.807) is 31.2 Å². The molecule has 1 aliphatic rings. The molecule has 0 aromatic heterocycles. The number of ether oxygens (including phenoxy) is 1. The normalized spacial score (nSPS) is 16.2. The maximum atomic E-state index is 12.8. The van der Waals surface area contributed by atoms with Gasteiger partial charge in [-0.2, -0.15) is 0 Å². The minimum absolute atomic E-state index is 0.0848. The number of allylic oxidation sites excluding steroid dienone is 1. The Labute approximate surface area is 193 Å². The number of benzene rings is 2. The van der Waals surface area contributed by atoms with Crippen molar-refractivity contribution < 1.29 is 19.1 Å². The summed E-state index contributed by atoms with van der Waals surface area (Å²) in [5.41, 5.74) is 1.12. The summed E-state index contributed by atoms with van der Waals surface area (Å²) < 4.78 is 5.77. The van der Waals surface area contributed by atoms with Crippen LogP contribution in [0.2, 0.25) is 0 Å². The second kappa shape index (κ2) is 10.0. The smallest absolute Gasteiger partial charge is 0.247 e. The zero-order valence-corrected chi connectivity index (χ0v) is 19.6. The van der Waals surface area contributed by atoms with E-state index in [0.29, 0.717) is 23.1 Å². The molecule has 32 heavy (non-hydrogen) atoms. The van der Waals surface area contributed by atoms with Gasteiger partial charge in [0.2, 0.25) is 11.8 Å². The van der Waals surface area contributed by atoms with Crippen molar-refractivity contribution in [1.29, 1.82) is 0 Å². The maximum Gasteiger partial charge on any atom is 0.247 e. The molecule has 3 rings (SSSR count). The van der Waals surface area contributed by atoms with Gasteiger partial charge >= 0.3 is 0 Å². The molecule has 168 valence electrons. The average Bonchev–Trinajstić information content (AvgIpc) is 3.12. The first-order valence-electron chi connectivity index (χ1n) is 10.4. The van der Waals surface area contributed by atoms with Crippen LogP contribution in [-0.2, 0) is 21.0 Å². The number of amides is 2. The summed E-state index contributed by atoms with van der Waals surface area (Å²) in [4.78, 5) is 39.0. The highest BCUT2D eigenvalue weighted by atomic mass is 32.2. The Morgan fingerprint density at radius 1 is 1.12 bits per heavy atom. The van der Waals surface area contributed by atoms with Gasteiger partial charge in [-0.3, -0.25) is 19.3 Å². The number of hydrogen-bond donors (Lipinski definition) is 1. The number of nitrogens with one attached hydrogen (secondary N) is 1. The van der Waals surface area contributed by atoms with E-state index in [9.17, 15) is 14.4 Å². The van der Waals surface area contributed by atoms with E-state index >= 15 is 0 Å². The van der Waals surface area contributed by atoms with E-state index in [1.807, 2.05) is 51.1 Å². The lowest BCUT2D eigenvalue weighted by molar-refractivity contribution is -0.132. The van der Waals surface area contributed by atoms with Crippen LogP contribution >= 0.6 is 11.8 Å². The van der Waals surface area contributed by atoms with Crippen molar-refractivity contribution in [3.63, 3.8) is 0 Å². The summed E-state index contributed by atoms with van der Waals surface area (Å²) in [6.45, 7) is 7.58. The number of carbonyl (C=O) groups is 3. The first-order valence-corrected chi connectivity index (χ1v) is 11.4. The predicted octanol–water partition coefficient (Wildman–Crippen LogP) is 4.62. The first kappa shape index (κ1) is 23.6. The zero-order chi connectivity index (χ0) is 23.3. The summed E-state index contributed by atoms with van der Waals surface area (Å²) in [6.07, 6.45) is 1.47. The van der Waals surface area contributed by atoms with E-state index < -0.39 is 11.5 Å². The quantitative estimate of drug-likeness (QED) is 0.620. The average molecular weight is 453 g/mol. The van der Waals surface area contributed by atoms with E-state index in [-0.39, 0.29) is 23.4 Å². The Hall–Kier alpha value is -3.06. The maximum absolute atomic E-state index is 12.8. The third-order valence-corrected chi connectivity index (χ3v) is 5.98. The van der Waals surface area contributed by atoms with Gasteiger partial charge in [-0.15, -0.1) is 0 Å². The number of ketones is 1. The monoisotopic (exact) mass is 452 g/mol. The number of hydrogen-bond acceptors (Lipinski definition) is 5. The third-order valence-electron chi connectivity index (χ3n) is 4.98. The Morgan fingerprint density at radius 2 is 1.78 bits per heavy atom. The van der Waals surface area contributed by atoms with Gasteiger partial charge < -0.3 is 10.1 Å². The highest BCUT2D eigenvalue weighted by Crippen LogP contribution is 2.32. The van der Waals surface area contributed by atoms with Crippen molar-refractivity contribution in [2.45, 2.75) is 40.3 Å². The molecule has 1 unspecified atom stereocenters. The lowest BCUT2D eigenvalue weighted by Gasteiger charge is -2.25. The van der Waals surface area contributed by atoms with Crippen LogP contribution in [-0.4, -0.2) is 34.3 Å². The molecule has 0 spiro atoms. The molecule has 1 fully saturated rings. The Morgan fingerprint density at radius 3 is 2.41 bits per heavy atom. The van der Waals surface area contributed by atoms with Crippen LogP contribution in [0.5, 0.6) is 5.75 Å². The molecule has 1 heterocycles. The predicted molar refractivity (Wildman–Crippen MR) is 127 cm³/mol. The van der Waals surface area contributed by atoms with Gasteiger partial charge in [-0.25, -0.2) is 0 Å². The van der Waals surface area contributed by atoms with Crippen LogP contribution in [0.4, 0.5) is 5.69 Å². The second-order valence-electron chi connectivity index (χ2n) is 8.61. The first-order chi connectivity index (χ1) is 15.1. The summed E-state index contributed by atoms with van der Waals surface area (Å²) in [5, 5.41) is 3.35. The van der Waals surface area contributed by atoms with Crippen LogP contribution in [0.25, 0.3) is 0 Å². The van der Waals surface area contributed by atoms with Gasteiger partial charge in [-0.05, 0) is 36.8 Å². The van der Waals surface area contributed by atoms with Crippen molar-refractivity contribution in [1.82, 2.24) is 4.90 Å². The van der Waals surface area contributed by atoms with E-state index in [0.717, 1.165) is 5.56 Å². The van der Waals surface area contributed by atoms with Gasteiger partial charge in [0.05, 0.1) is 10.8 Å². The molecule has 1 atom stereocenters. The molecule has 1 aliphatic heterocycles. The molecule has 1 saturated heterocycles. The van der Waals surface area contributed by atoms with Crippen molar-refractivity contribution in [3.8, 4) is 5.75 Å². The largest absolute Gasteiger partial charge is 0.489 e. The van der Waals surface area contributed by atoms with Crippen molar-refractivity contribution in [2.75, 3.05) is 11.1 Å².